The summed E-state index contributed by atoms with van der Waals surface area (Å²) >= 11 is 0. The maximum Gasteiger partial charge on any atom is 0.330 e. The summed E-state index contributed by atoms with van der Waals surface area (Å²) in [4.78, 5) is 26.1. The number of nitrogens with zero attached hydrogens (tertiary/aromatic N) is 1. The molecule has 0 saturated carbocycles. The van der Waals surface area contributed by atoms with Crippen LogP contribution in [0.1, 0.15) is 17.4 Å². The van der Waals surface area contributed by atoms with Crippen molar-refractivity contribution in [3.8, 4) is 0 Å². The third-order valence-corrected chi connectivity index (χ3v) is 5.10. The van der Waals surface area contributed by atoms with Crippen molar-refractivity contribution in [3.05, 3.63) is 68.5 Å². The van der Waals surface area contributed by atoms with E-state index in [1.54, 1.807) is 6.92 Å². The van der Waals surface area contributed by atoms with Gasteiger partial charge in [-0.2, -0.15) is 0 Å². The topological polar surface area (TPSA) is 106 Å². The van der Waals surface area contributed by atoms with Gasteiger partial charge >= 0.3 is 5.69 Å². The lowest BCUT2D eigenvalue weighted by molar-refractivity contribution is -0.142. The summed E-state index contributed by atoms with van der Waals surface area (Å²) in [6, 6.07) is 9.42. The number of hydrogen-bond donors (Lipinski definition) is 3. The van der Waals surface area contributed by atoms with E-state index >= 15 is 0 Å². The fourth-order valence-electron chi connectivity index (χ4n) is 3.70. The number of H-pyrrole nitrogens is 1. The molecule has 2 fully saturated rings. The van der Waals surface area contributed by atoms with Gasteiger partial charge < -0.3 is 19.9 Å². The average molecular weight is 359 g/mol. The minimum atomic E-state index is -0.923. The highest BCUT2D eigenvalue weighted by Crippen LogP contribution is 2.42. The van der Waals surface area contributed by atoms with E-state index in [0.717, 1.165) is 5.56 Å². The van der Waals surface area contributed by atoms with Crippen molar-refractivity contribution in [2.45, 2.75) is 37.5 Å². The second-order valence-electron chi connectivity index (χ2n) is 6.83. The van der Waals surface area contributed by atoms with E-state index in [1.807, 2.05) is 30.3 Å². The quantitative estimate of drug-likeness (QED) is 0.675. The Morgan fingerprint density at radius 3 is 2.85 bits per heavy atom. The SMILES string of the molecule is Cc1cn([C@@H]2O[C@]3(CO)CN[C@H]2[C@H]3OCc2ccccc2)c(=O)[nH]c1=O. The van der Waals surface area contributed by atoms with Crippen LogP contribution >= 0.6 is 0 Å². The highest BCUT2D eigenvalue weighted by Gasteiger charge is 2.61. The minimum absolute atomic E-state index is 0.233. The van der Waals surface area contributed by atoms with Crippen LogP contribution in [0.2, 0.25) is 0 Å². The molecule has 0 aliphatic carbocycles. The van der Waals surface area contributed by atoms with Gasteiger partial charge in [-0.25, -0.2) is 4.79 Å². The average Bonchev–Trinajstić information content (AvgIpc) is 3.16. The third-order valence-electron chi connectivity index (χ3n) is 5.10. The van der Waals surface area contributed by atoms with Crippen LogP contribution in [0, 0.1) is 6.92 Å². The Labute approximate surface area is 149 Å². The number of nitrogens with one attached hydrogen (secondary N) is 2. The molecular weight excluding hydrogens is 338 g/mol. The van der Waals surface area contributed by atoms with Crippen molar-refractivity contribution in [2.75, 3.05) is 13.2 Å². The molecule has 3 heterocycles. The molecule has 8 nitrogen and oxygen atoms in total. The van der Waals surface area contributed by atoms with Crippen molar-refractivity contribution >= 4 is 0 Å². The predicted octanol–water partition coefficient (Wildman–Crippen LogP) is -0.338. The van der Waals surface area contributed by atoms with E-state index in [4.69, 9.17) is 9.47 Å². The molecule has 4 atom stereocenters. The van der Waals surface area contributed by atoms with Gasteiger partial charge in [0.05, 0.1) is 19.3 Å². The summed E-state index contributed by atoms with van der Waals surface area (Å²) in [5.74, 6) is 0. The highest BCUT2D eigenvalue weighted by molar-refractivity contribution is 5.16. The van der Waals surface area contributed by atoms with Crippen LogP contribution in [-0.4, -0.2) is 45.6 Å². The minimum Gasteiger partial charge on any atom is -0.393 e. The molecule has 2 aromatic rings. The van der Waals surface area contributed by atoms with Crippen LogP contribution in [0.25, 0.3) is 0 Å². The fourth-order valence-corrected chi connectivity index (χ4v) is 3.70. The van der Waals surface area contributed by atoms with Crippen molar-refractivity contribution in [1.82, 2.24) is 14.9 Å². The van der Waals surface area contributed by atoms with E-state index < -0.39 is 29.2 Å². The largest absolute Gasteiger partial charge is 0.393 e. The molecule has 4 rings (SSSR count). The van der Waals surface area contributed by atoms with Crippen LogP contribution in [0.5, 0.6) is 0 Å². The zero-order valence-corrected chi connectivity index (χ0v) is 14.3. The van der Waals surface area contributed by atoms with Gasteiger partial charge in [0, 0.05) is 18.3 Å². The van der Waals surface area contributed by atoms with Crippen molar-refractivity contribution in [3.63, 3.8) is 0 Å². The molecule has 2 aliphatic heterocycles. The second kappa shape index (κ2) is 6.48. The van der Waals surface area contributed by atoms with Crippen molar-refractivity contribution in [1.29, 1.82) is 0 Å². The number of aryl methyl sites for hydroxylation is 1. The third kappa shape index (κ3) is 2.71. The summed E-state index contributed by atoms with van der Waals surface area (Å²) in [6.07, 6.45) is 0.393. The maximum atomic E-state index is 12.2. The van der Waals surface area contributed by atoms with Crippen LogP contribution in [-0.2, 0) is 16.1 Å². The molecule has 1 aromatic carbocycles. The summed E-state index contributed by atoms with van der Waals surface area (Å²) in [5.41, 5.74) is -0.463. The maximum absolute atomic E-state index is 12.2. The lowest BCUT2D eigenvalue weighted by Crippen LogP contribution is -2.48. The number of aromatic amines is 1. The molecule has 1 aromatic heterocycles. The Balaban J connectivity index is 1.62. The highest BCUT2D eigenvalue weighted by atomic mass is 16.6. The van der Waals surface area contributed by atoms with Gasteiger partial charge in [-0.3, -0.25) is 14.3 Å². The second-order valence-corrected chi connectivity index (χ2v) is 6.83. The number of aliphatic hydroxyl groups is 1. The van der Waals surface area contributed by atoms with Crippen LogP contribution in [0.4, 0.5) is 0 Å². The summed E-state index contributed by atoms with van der Waals surface area (Å²) < 4.78 is 13.5. The smallest absolute Gasteiger partial charge is 0.330 e. The van der Waals surface area contributed by atoms with Gasteiger partial charge in [-0.05, 0) is 12.5 Å². The Morgan fingerprint density at radius 1 is 1.35 bits per heavy atom. The van der Waals surface area contributed by atoms with Crippen molar-refractivity contribution in [2.24, 2.45) is 0 Å². The molecule has 0 spiro atoms. The standard InChI is InChI=1S/C18H21N3O5/c1-11-7-21(17(24)20-15(11)23)16-13-14(18(10-22,26-16)9-19-13)25-8-12-5-3-2-4-6-12/h2-7,13-14,16,19,22H,8-10H2,1H3,(H,20,23,24)/t13-,14+,16+,18-/m0/s1. The molecule has 2 bridgehead atoms. The normalized spacial score (nSPS) is 30.0. The molecule has 138 valence electrons. The number of hydrogen-bond acceptors (Lipinski definition) is 6. The van der Waals surface area contributed by atoms with E-state index in [-0.39, 0.29) is 12.6 Å². The molecule has 2 aliphatic rings. The van der Waals surface area contributed by atoms with E-state index in [1.165, 1.54) is 10.8 Å². The monoisotopic (exact) mass is 359 g/mol. The van der Waals surface area contributed by atoms with Crippen molar-refractivity contribution < 1.29 is 14.6 Å². The Hall–Kier alpha value is -2.26. The number of benzene rings is 1. The Morgan fingerprint density at radius 2 is 2.12 bits per heavy atom. The first-order valence-corrected chi connectivity index (χ1v) is 8.54. The number of morpholine rings is 1. The predicted molar refractivity (Wildman–Crippen MR) is 92.8 cm³/mol. The van der Waals surface area contributed by atoms with Crippen LogP contribution in [0.15, 0.2) is 46.1 Å². The first kappa shape index (κ1) is 17.2. The zero-order valence-electron chi connectivity index (χ0n) is 14.3. The number of aromatic nitrogens is 2. The Kier molecular flexibility index (Phi) is 4.28. The van der Waals surface area contributed by atoms with E-state index in [2.05, 4.69) is 10.3 Å². The van der Waals surface area contributed by atoms with Gasteiger partial charge in [0.1, 0.15) is 11.7 Å². The molecule has 26 heavy (non-hydrogen) atoms. The molecule has 8 heteroatoms. The molecule has 3 N–H and O–H groups in total. The molecule has 0 radical (unpaired) electrons. The van der Waals surface area contributed by atoms with Gasteiger partial charge in [-0.15, -0.1) is 0 Å². The summed E-state index contributed by atoms with van der Waals surface area (Å²) in [5, 5.41) is 13.2. The number of aliphatic hydroxyl groups excluding tert-OH is 1. The number of ether oxygens (including phenoxy) is 2. The zero-order chi connectivity index (χ0) is 18.3. The summed E-state index contributed by atoms with van der Waals surface area (Å²) in [6.45, 7) is 2.20. The molecular formula is C18H21N3O5. The molecule has 0 amide bonds. The van der Waals surface area contributed by atoms with Crippen LogP contribution < -0.4 is 16.6 Å². The first-order valence-electron chi connectivity index (χ1n) is 8.54. The fraction of sp³-hybridized carbons (Fsp3) is 0.444. The molecule has 0 unspecified atom stereocenters. The summed E-state index contributed by atoms with van der Waals surface area (Å²) in [7, 11) is 0. The molecule has 2 saturated heterocycles. The van der Waals surface area contributed by atoms with E-state index in [0.29, 0.717) is 18.7 Å². The van der Waals surface area contributed by atoms with Gasteiger partial charge in [0.15, 0.2) is 6.23 Å². The van der Waals surface area contributed by atoms with Gasteiger partial charge in [0.25, 0.3) is 5.56 Å². The lowest BCUT2D eigenvalue weighted by atomic mass is 10.00. The Bertz CT molecular complexity index is 909. The number of fused-ring (bicyclic) bond motifs is 2. The van der Waals surface area contributed by atoms with E-state index in [9.17, 15) is 14.7 Å². The van der Waals surface area contributed by atoms with Crippen LogP contribution in [0.3, 0.4) is 0 Å². The lowest BCUT2D eigenvalue weighted by Gasteiger charge is -2.30. The van der Waals surface area contributed by atoms with Gasteiger partial charge in [-0.1, -0.05) is 30.3 Å². The number of rotatable bonds is 5. The van der Waals surface area contributed by atoms with Gasteiger partial charge in [0.2, 0.25) is 0 Å². The first-order chi connectivity index (χ1) is 12.5.